The molecule has 8 heteroatoms. The summed E-state index contributed by atoms with van der Waals surface area (Å²) in [4.78, 5) is 28.0. The lowest BCUT2D eigenvalue weighted by Gasteiger charge is -2.32. The van der Waals surface area contributed by atoms with Crippen molar-refractivity contribution in [1.29, 1.82) is 0 Å². The summed E-state index contributed by atoms with van der Waals surface area (Å²) in [5, 5.41) is 0. The molecule has 2 aromatic rings. The molecule has 8 nitrogen and oxygen atoms in total. The molecule has 28 heavy (non-hydrogen) atoms. The summed E-state index contributed by atoms with van der Waals surface area (Å²) in [5.41, 5.74) is 7.05. The van der Waals surface area contributed by atoms with Crippen LogP contribution in [-0.4, -0.2) is 57.1 Å². The number of hydrogen-bond donors (Lipinski definition) is 1. The number of nitrogens with zero attached hydrogens (tertiary/aromatic N) is 5. The largest absolute Gasteiger partial charge is 0.383 e. The smallest absolute Gasteiger partial charge is 0.272 e. The maximum Gasteiger partial charge on any atom is 0.272 e. The monoisotopic (exact) mass is 386 g/mol. The van der Waals surface area contributed by atoms with Gasteiger partial charge in [-0.2, -0.15) is 0 Å². The van der Waals surface area contributed by atoms with E-state index in [0.717, 1.165) is 43.9 Å². The van der Waals surface area contributed by atoms with Crippen molar-refractivity contribution in [2.75, 3.05) is 32.5 Å². The number of methoxy groups -OCH3 is 1. The number of amides is 1. The van der Waals surface area contributed by atoms with Crippen LogP contribution in [0.15, 0.2) is 18.5 Å². The molecule has 0 aromatic carbocycles. The molecule has 1 saturated heterocycles. The van der Waals surface area contributed by atoms with Gasteiger partial charge in [0.25, 0.3) is 5.91 Å². The van der Waals surface area contributed by atoms with Crippen molar-refractivity contribution in [1.82, 2.24) is 24.4 Å². The van der Waals surface area contributed by atoms with Crippen LogP contribution in [0.3, 0.4) is 0 Å². The molecule has 152 valence electrons. The minimum absolute atomic E-state index is 0.0844. The van der Waals surface area contributed by atoms with E-state index >= 15 is 0 Å². The molecule has 1 amide bonds. The summed E-state index contributed by atoms with van der Waals surface area (Å²) in [5.74, 6) is 1.72. The zero-order chi connectivity index (χ0) is 20.1. The van der Waals surface area contributed by atoms with Gasteiger partial charge < -0.3 is 19.9 Å². The topological polar surface area (TPSA) is 99.2 Å². The molecule has 0 bridgehead atoms. The Morgan fingerprint density at radius 2 is 2.21 bits per heavy atom. The minimum Gasteiger partial charge on any atom is -0.383 e. The number of likely N-dealkylation sites (tertiary alicyclic amines) is 1. The third-order valence-corrected chi connectivity index (χ3v) is 4.99. The highest BCUT2D eigenvalue weighted by Gasteiger charge is 2.29. The van der Waals surface area contributed by atoms with Gasteiger partial charge in [0.1, 0.15) is 11.5 Å². The van der Waals surface area contributed by atoms with E-state index in [1.165, 1.54) is 0 Å². The molecule has 1 aliphatic rings. The fourth-order valence-electron chi connectivity index (χ4n) is 3.74. The molecule has 0 unspecified atom stereocenters. The van der Waals surface area contributed by atoms with Gasteiger partial charge in [-0.3, -0.25) is 4.79 Å². The van der Waals surface area contributed by atoms with Crippen LogP contribution < -0.4 is 5.73 Å². The third-order valence-electron chi connectivity index (χ3n) is 4.99. The molecule has 1 fully saturated rings. The molecule has 0 radical (unpaired) electrons. The minimum atomic E-state index is -0.0844. The Balaban J connectivity index is 1.75. The predicted octanol–water partition coefficient (Wildman–Crippen LogP) is 2.12. The molecule has 2 N–H and O–H groups in total. The van der Waals surface area contributed by atoms with E-state index < -0.39 is 0 Å². The summed E-state index contributed by atoms with van der Waals surface area (Å²) in [6.45, 7) is 6.97. The van der Waals surface area contributed by atoms with Crippen LogP contribution in [0.4, 0.5) is 5.95 Å². The van der Waals surface area contributed by atoms with Crippen LogP contribution in [0.2, 0.25) is 0 Å². The average Bonchev–Trinajstić information content (AvgIpc) is 3.13. The number of ether oxygens (including phenoxy) is 1. The Labute approximate surface area is 166 Å². The number of nitrogen functional groups attached to an aromatic ring is 1. The van der Waals surface area contributed by atoms with E-state index in [4.69, 9.17) is 10.5 Å². The normalized spacial score (nSPS) is 17.3. The fraction of sp³-hybridized carbons (Fsp3) is 0.600. The Morgan fingerprint density at radius 3 is 2.96 bits per heavy atom. The zero-order valence-corrected chi connectivity index (χ0v) is 17.0. The van der Waals surface area contributed by atoms with Crippen molar-refractivity contribution >= 4 is 11.9 Å². The number of rotatable bonds is 7. The van der Waals surface area contributed by atoms with Gasteiger partial charge in [-0.25, -0.2) is 15.0 Å². The van der Waals surface area contributed by atoms with Crippen molar-refractivity contribution in [3.05, 3.63) is 35.7 Å². The van der Waals surface area contributed by atoms with Crippen molar-refractivity contribution in [3.8, 4) is 0 Å². The number of carbonyl (C=O) groups is 1. The van der Waals surface area contributed by atoms with Gasteiger partial charge in [0.15, 0.2) is 0 Å². The van der Waals surface area contributed by atoms with Gasteiger partial charge in [-0.15, -0.1) is 0 Å². The van der Waals surface area contributed by atoms with Crippen LogP contribution >= 0.6 is 0 Å². The first kappa shape index (κ1) is 20.3. The molecule has 0 saturated carbocycles. The number of nitrogens with two attached hydrogens (primary N) is 1. The predicted molar refractivity (Wildman–Crippen MR) is 107 cm³/mol. The summed E-state index contributed by atoms with van der Waals surface area (Å²) >= 11 is 0. The highest BCUT2D eigenvalue weighted by atomic mass is 16.5. The quantitative estimate of drug-likeness (QED) is 0.782. The van der Waals surface area contributed by atoms with E-state index in [2.05, 4.69) is 33.4 Å². The zero-order valence-electron chi connectivity index (χ0n) is 17.0. The standard InChI is InChI=1S/C20H30N6O2/c1-14(2)11-16-12-17(24-20(21)23-16)19(27)26-7-4-5-15(13-26)18-22-6-8-25(18)9-10-28-3/h6,8,12,14-15H,4-5,7,9-11,13H2,1-3H3,(H2,21,23,24)/t15-/m0/s1. The van der Waals surface area contributed by atoms with E-state index in [1.54, 1.807) is 13.2 Å². The van der Waals surface area contributed by atoms with E-state index in [9.17, 15) is 4.79 Å². The Hall–Kier alpha value is -2.48. The second kappa shape index (κ2) is 9.14. The Bertz CT molecular complexity index is 804. The van der Waals surface area contributed by atoms with Gasteiger partial charge in [0.2, 0.25) is 5.95 Å². The average molecular weight is 387 g/mol. The molecule has 3 rings (SSSR count). The van der Waals surface area contributed by atoms with Gasteiger partial charge in [0.05, 0.1) is 6.61 Å². The molecule has 3 heterocycles. The van der Waals surface area contributed by atoms with Crippen LogP contribution in [0, 0.1) is 5.92 Å². The van der Waals surface area contributed by atoms with E-state index in [-0.39, 0.29) is 17.8 Å². The van der Waals surface area contributed by atoms with Gasteiger partial charge >= 0.3 is 0 Å². The molecular formula is C20H30N6O2. The number of hydrogen-bond acceptors (Lipinski definition) is 6. The number of imidazole rings is 1. The first-order valence-corrected chi connectivity index (χ1v) is 9.90. The van der Waals surface area contributed by atoms with Crippen molar-refractivity contribution in [2.45, 2.75) is 45.6 Å². The molecule has 1 atom stereocenters. The van der Waals surface area contributed by atoms with E-state index in [0.29, 0.717) is 24.8 Å². The second-order valence-corrected chi connectivity index (χ2v) is 7.76. The lowest BCUT2D eigenvalue weighted by Crippen LogP contribution is -2.40. The fourth-order valence-corrected chi connectivity index (χ4v) is 3.74. The molecule has 1 aliphatic heterocycles. The van der Waals surface area contributed by atoms with Gasteiger partial charge in [-0.1, -0.05) is 13.8 Å². The summed E-state index contributed by atoms with van der Waals surface area (Å²) < 4.78 is 7.30. The summed E-state index contributed by atoms with van der Waals surface area (Å²) in [7, 11) is 1.69. The lowest BCUT2D eigenvalue weighted by atomic mass is 9.96. The highest BCUT2D eigenvalue weighted by molar-refractivity contribution is 5.92. The maximum atomic E-state index is 13.1. The van der Waals surface area contributed by atoms with Crippen molar-refractivity contribution in [2.24, 2.45) is 5.92 Å². The molecular weight excluding hydrogens is 356 g/mol. The van der Waals surface area contributed by atoms with Crippen LogP contribution in [0.5, 0.6) is 0 Å². The molecule has 2 aromatic heterocycles. The van der Waals surface area contributed by atoms with Crippen molar-refractivity contribution < 1.29 is 9.53 Å². The highest BCUT2D eigenvalue weighted by Crippen LogP contribution is 2.27. The van der Waals surface area contributed by atoms with Crippen LogP contribution in [0.1, 0.15) is 54.6 Å². The maximum absolute atomic E-state index is 13.1. The Morgan fingerprint density at radius 1 is 1.39 bits per heavy atom. The number of aromatic nitrogens is 4. The van der Waals surface area contributed by atoms with Crippen LogP contribution in [0.25, 0.3) is 0 Å². The van der Waals surface area contributed by atoms with Gasteiger partial charge in [-0.05, 0) is 31.2 Å². The number of anilines is 1. The van der Waals surface area contributed by atoms with Crippen LogP contribution in [-0.2, 0) is 17.7 Å². The summed E-state index contributed by atoms with van der Waals surface area (Å²) in [6.07, 6.45) is 6.51. The number of piperidine rings is 1. The lowest BCUT2D eigenvalue weighted by molar-refractivity contribution is 0.0696. The first-order chi connectivity index (χ1) is 13.5. The first-order valence-electron chi connectivity index (χ1n) is 9.90. The SMILES string of the molecule is COCCn1ccnc1[C@H]1CCCN(C(=O)c2cc(CC(C)C)nc(N)n2)C1. The molecule has 0 aliphatic carbocycles. The van der Waals surface area contributed by atoms with Crippen molar-refractivity contribution in [3.63, 3.8) is 0 Å². The Kier molecular flexibility index (Phi) is 6.61. The van der Waals surface area contributed by atoms with Gasteiger partial charge in [0, 0.05) is 50.7 Å². The summed E-state index contributed by atoms with van der Waals surface area (Å²) in [6, 6.07) is 1.78. The molecule has 0 spiro atoms. The second-order valence-electron chi connectivity index (χ2n) is 7.76. The third kappa shape index (κ3) is 4.86. The van der Waals surface area contributed by atoms with E-state index in [1.807, 2.05) is 17.3 Å². The number of carbonyl (C=O) groups excluding carboxylic acids is 1.